The second kappa shape index (κ2) is 6.14. The van der Waals surface area contributed by atoms with Crippen LogP contribution >= 0.6 is 0 Å². The van der Waals surface area contributed by atoms with Crippen molar-refractivity contribution in [2.75, 3.05) is 19.5 Å². The van der Waals surface area contributed by atoms with Gasteiger partial charge in [0.25, 0.3) is 0 Å². The summed E-state index contributed by atoms with van der Waals surface area (Å²) in [4.78, 5) is 11.3. The maximum absolute atomic E-state index is 11.3. The van der Waals surface area contributed by atoms with Crippen molar-refractivity contribution in [3.8, 4) is 5.75 Å². The second-order valence-corrected chi connectivity index (χ2v) is 4.33. The van der Waals surface area contributed by atoms with Crippen molar-refractivity contribution in [2.45, 2.75) is 13.5 Å². The number of nitrogens with one attached hydrogen (secondary N) is 1. The van der Waals surface area contributed by atoms with E-state index in [2.05, 4.69) is 10.1 Å². The number of hydrogen-bond donors (Lipinski definition) is 1. The fraction of sp³-hybridized carbons (Fsp3) is 0.267. The first kappa shape index (κ1) is 14.0. The van der Waals surface area contributed by atoms with Crippen molar-refractivity contribution in [3.63, 3.8) is 0 Å². The summed E-state index contributed by atoms with van der Waals surface area (Å²) in [7, 11) is 2.99. The molecule has 106 valence electrons. The molecule has 0 spiro atoms. The molecule has 0 saturated carbocycles. The summed E-state index contributed by atoms with van der Waals surface area (Å²) in [5, 5.41) is 3.22. The highest BCUT2D eigenvalue weighted by Gasteiger charge is 2.10. The Labute approximate surface area is 117 Å². The molecular weight excluding hydrogens is 258 g/mol. The molecule has 0 bridgehead atoms. The molecule has 1 aromatic heterocycles. The van der Waals surface area contributed by atoms with Gasteiger partial charge >= 0.3 is 5.97 Å². The van der Waals surface area contributed by atoms with E-state index in [1.54, 1.807) is 13.2 Å². The smallest absolute Gasteiger partial charge is 0.341 e. The van der Waals surface area contributed by atoms with E-state index in [0.717, 1.165) is 17.0 Å². The fourth-order valence-corrected chi connectivity index (χ4v) is 1.88. The van der Waals surface area contributed by atoms with Crippen LogP contribution in [-0.4, -0.2) is 20.2 Å². The lowest BCUT2D eigenvalue weighted by Gasteiger charge is -2.08. The number of benzene rings is 1. The molecule has 0 saturated heterocycles. The topological polar surface area (TPSA) is 60.7 Å². The van der Waals surface area contributed by atoms with Crippen LogP contribution in [0.15, 0.2) is 34.9 Å². The van der Waals surface area contributed by atoms with Crippen molar-refractivity contribution in [2.24, 2.45) is 0 Å². The van der Waals surface area contributed by atoms with Crippen molar-refractivity contribution in [3.05, 3.63) is 47.4 Å². The number of carbonyl (C=O) groups is 1. The largest absolute Gasteiger partial charge is 0.496 e. The quantitative estimate of drug-likeness (QED) is 0.850. The molecule has 2 rings (SSSR count). The summed E-state index contributed by atoms with van der Waals surface area (Å²) < 4.78 is 15.1. The number of carbonyl (C=O) groups excluding carboxylic acids is 1. The predicted octanol–water partition coefficient (Wildman–Crippen LogP) is 3.00. The predicted molar refractivity (Wildman–Crippen MR) is 75.1 cm³/mol. The Balaban J connectivity index is 2.00. The number of furan rings is 1. The SMILES string of the molecule is COC(=O)c1coc(CNc2ccc(OC)c(C)c2)c1. The molecule has 0 fully saturated rings. The van der Waals surface area contributed by atoms with Crippen LogP contribution in [0.1, 0.15) is 21.7 Å². The van der Waals surface area contributed by atoms with Crippen molar-refractivity contribution in [1.82, 2.24) is 0 Å². The van der Waals surface area contributed by atoms with Gasteiger partial charge in [-0.25, -0.2) is 4.79 Å². The van der Waals surface area contributed by atoms with Gasteiger partial charge in [-0.3, -0.25) is 0 Å². The number of aryl methyl sites for hydroxylation is 1. The maximum Gasteiger partial charge on any atom is 0.341 e. The first-order chi connectivity index (χ1) is 9.63. The summed E-state index contributed by atoms with van der Waals surface area (Å²) in [5.74, 6) is 1.11. The summed E-state index contributed by atoms with van der Waals surface area (Å²) >= 11 is 0. The number of anilines is 1. The van der Waals surface area contributed by atoms with Gasteiger partial charge in [0.05, 0.1) is 26.3 Å². The third kappa shape index (κ3) is 3.12. The molecule has 0 radical (unpaired) electrons. The van der Waals surface area contributed by atoms with Gasteiger partial charge in [0.15, 0.2) is 0 Å². The van der Waals surface area contributed by atoms with Gasteiger partial charge in [0.1, 0.15) is 17.8 Å². The lowest BCUT2D eigenvalue weighted by atomic mass is 10.2. The number of esters is 1. The molecular formula is C15H17NO4. The van der Waals surface area contributed by atoms with Gasteiger partial charge in [0.2, 0.25) is 0 Å². The fourth-order valence-electron chi connectivity index (χ4n) is 1.88. The molecule has 1 heterocycles. The molecule has 0 aliphatic carbocycles. The van der Waals surface area contributed by atoms with E-state index in [0.29, 0.717) is 17.9 Å². The Bertz CT molecular complexity index is 604. The Hall–Kier alpha value is -2.43. The van der Waals surface area contributed by atoms with E-state index >= 15 is 0 Å². The van der Waals surface area contributed by atoms with E-state index < -0.39 is 5.97 Å². The molecule has 0 amide bonds. The molecule has 0 aliphatic rings. The Morgan fingerprint density at radius 3 is 2.75 bits per heavy atom. The number of ether oxygens (including phenoxy) is 2. The Kier molecular flexibility index (Phi) is 4.30. The zero-order valence-corrected chi connectivity index (χ0v) is 11.7. The minimum Gasteiger partial charge on any atom is -0.496 e. The minimum atomic E-state index is -0.403. The lowest BCUT2D eigenvalue weighted by molar-refractivity contribution is 0.0600. The third-order valence-corrected chi connectivity index (χ3v) is 2.94. The number of methoxy groups -OCH3 is 2. The van der Waals surface area contributed by atoms with Gasteiger partial charge in [0, 0.05) is 5.69 Å². The Morgan fingerprint density at radius 2 is 2.10 bits per heavy atom. The summed E-state index contributed by atoms with van der Waals surface area (Å²) in [5.41, 5.74) is 2.42. The normalized spacial score (nSPS) is 10.2. The van der Waals surface area contributed by atoms with E-state index in [1.807, 2.05) is 25.1 Å². The number of rotatable bonds is 5. The molecule has 2 aromatic rings. The first-order valence-electron chi connectivity index (χ1n) is 6.18. The molecule has 20 heavy (non-hydrogen) atoms. The van der Waals surface area contributed by atoms with E-state index in [-0.39, 0.29) is 0 Å². The second-order valence-electron chi connectivity index (χ2n) is 4.33. The van der Waals surface area contributed by atoms with Gasteiger partial charge < -0.3 is 19.2 Å². The highest BCUT2D eigenvalue weighted by Crippen LogP contribution is 2.22. The van der Waals surface area contributed by atoms with Crippen LogP contribution in [0.4, 0.5) is 5.69 Å². The van der Waals surface area contributed by atoms with E-state index in [1.165, 1.54) is 13.4 Å². The van der Waals surface area contributed by atoms with E-state index in [9.17, 15) is 4.79 Å². The molecule has 5 heteroatoms. The van der Waals surface area contributed by atoms with Crippen molar-refractivity contribution >= 4 is 11.7 Å². The highest BCUT2D eigenvalue weighted by molar-refractivity contribution is 5.89. The van der Waals surface area contributed by atoms with Crippen LogP contribution in [0.2, 0.25) is 0 Å². The zero-order chi connectivity index (χ0) is 14.5. The van der Waals surface area contributed by atoms with Crippen LogP contribution in [0.5, 0.6) is 5.75 Å². The zero-order valence-electron chi connectivity index (χ0n) is 11.7. The van der Waals surface area contributed by atoms with Gasteiger partial charge in [-0.05, 0) is 36.8 Å². The number of hydrogen-bond acceptors (Lipinski definition) is 5. The van der Waals surface area contributed by atoms with Crippen molar-refractivity contribution in [1.29, 1.82) is 0 Å². The maximum atomic E-state index is 11.3. The average Bonchev–Trinajstić information content (AvgIpc) is 2.93. The van der Waals surface area contributed by atoms with Crippen LogP contribution in [0, 0.1) is 6.92 Å². The van der Waals surface area contributed by atoms with Crippen LogP contribution in [0.3, 0.4) is 0 Å². The lowest BCUT2D eigenvalue weighted by Crippen LogP contribution is -2.00. The molecule has 0 aliphatic heterocycles. The first-order valence-corrected chi connectivity index (χ1v) is 6.18. The summed E-state index contributed by atoms with van der Waals surface area (Å²) in [6.45, 7) is 2.47. The van der Waals surface area contributed by atoms with Crippen LogP contribution < -0.4 is 10.1 Å². The molecule has 0 unspecified atom stereocenters. The average molecular weight is 275 g/mol. The molecule has 0 atom stereocenters. The standard InChI is InChI=1S/C15H17NO4/c1-10-6-12(4-5-14(10)18-2)16-8-13-7-11(9-20-13)15(17)19-3/h4-7,9,16H,8H2,1-3H3. The molecule has 5 nitrogen and oxygen atoms in total. The molecule has 1 aromatic carbocycles. The Morgan fingerprint density at radius 1 is 1.30 bits per heavy atom. The van der Waals surface area contributed by atoms with Gasteiger partial charge in [-0.15, -0.1) is 0 Å². The van der Waals surface area contributed by atoms with Crippen LogP contribution in [0.25, 0.3) is 0 Å². The third-order valence-electron chi connectivity index (χ3n) is 2.94. The summed E-state index contributed by atoms with van der Waals surface area (Å²) in [6, 6.07) is 7.48. The van der Waals surface area contributed by atoms with E-state index in [4.69, 9.17) is 9.15 Å². The minimum absolute atomic E-state index is 0.403. The van der Waals surface area contributed by atoms with Gasteiger partial charge in [-0.2, -0.15) is 0 Å². The van der Waals surface area contributed by atoms with Crippen LogP contribution in [-0.2, 0) is 11.3 Å². The molecule has 1 N–H and O–H groups in total. The summed E-state index contributed by atoms with van der Waals surface area (Å²) in [6.07, 6.45) is 1.39. The highest BCUT2D eigenvalue weighted by atomic mass is 16.5. The monoisotopic (exact) mass is 275 g/mol. The van der Waals surface area contributed by atoms with Crippen molar-refractivity contribution < 1.29 is 18.7 Å². The van der Waals surface area contributed by atoms with Gasteiger partial charge in [-0.1, -0.05) is 0 Å².